The highest BCUT2D eigenvalue weighted by Gasteiger charge is 2.15. The Morgan fingerprint density at radius 2 is 1.90 bits per heavy atom. The summed E-state index contributed by atoms with van der Waals surface area (Å²) in [5.41, 5.74) is 1.32. The van der Waals surface area contributed by atoms with Gasteiger partial charge in [0.1, 0.15) is 0 Å². The Labute approximate surface area is 132 Å². The second-order valence-electron chi connectivity index (χ2n) is 4.51. The number of hydrogen-bond donors (Lipinski definition) is 3. The Morgan fingerprint density at radius 3 is 2.48 bits per heavy atom. The maximum absolute atomic E-state index is 12.1. The molecule has 0 fully saturated rings. The van der Waals surface area contributed by atoms with Gasteiger partial charge in [-0.1, -0.05) is 6.07 Å². The summed E-state index contributed by atoms with van der Waals surface area (Å²) in [5.74, 6) is -0.232. The lowest BCUT2D eigenvalue weighted by atomic mass is 10.2. The number of carbonyl (C=O) groups excluding carboxylic acids is 1. The third kappa shape index (κ3) is 6.43. The molecule has 1 rings (SSSR count). The van der Waals surface area contributed by atoms with Crippen molar-refractivity contribution in [3.8, 4) is 0 Å². The van der Waals surface area contributed by atoms with Gasteiger partial charge in [0, 0.05) is 19.2 Å². The molecule has 0 aliphatic rings. The van der Waals surface area contributed by atoms with Crippen LogP contribution in [0, 0.1) is 6.92 Å². The van der Waals surface area contributed by atoms with Crippen LogP contribution in [0.15, 0.2) is 23.1 Å². The Bertz CT molecular complexity index is 576. The SMILES string of the molecule is CNCCCNS(=O)(=O)c1ccc(C)c(NC(C)=O)c1.Cl. The number of halogens is 1. The highest BCUT2D eigenvalue weighted by molar-refractivity contribution is 7.89. The van der Waals surface area contributed by atoms with Crippen molar-refractivity contribution in [1.82, 2.24) is 10.0 Å². The van der Waals surface area contributed by atoms with E-state index in [2.05, 4.69) is 15.4 Å². The maximum Gasteiger partial charge on any atom is 0.240 e. The molecule has 6 nitrogen and oxygen atoms in total. The van der Waals surface area contributed by atoms with E-state index >= 15 is 0 Å². The molecule has 0 aliphatic carbocycles. The molecule has 1 amide bonds. The summed E-state index contributed by atoms with van der Waals surface area (Å²) in [6.07, 6.45) is 0.708. The van der Waals surface area contributed by atoms with Crippen LogP contribution in [-0.4, -0.2) is 34.5 Å². The Morgan fingerprint density at radius 1 is 1.24 bits per heavy atom. The number of hydrogen-bond acceptors (Lipinski definition) is 4. The predicted octanol–water partition coefficient (Wildman–Crippen LogP) is 1.26. The van der Waals surface area contributed by atoms with E-state index < -0.39 is 10.0 Å². The van der Waals surface area contributed by atoms with Gasteiger partial charge in [-0.3, -0.25) is 4.79 Å². The summed E-state index contributed by atoms with van der Waals surface area (Å²) in [4.78, 5) is 11.2. The monoisotopic (exact) mass is 335 g/mol. The van der Waals surface area contributed by atoms with Gasteiger partial charge in [0.2, 0.25) is 15.9 Å². The van der Waals surface area contributed by atoms with Crippen LogP contribution >= 0.6 is 12.4 Å². The zero-order valence-corrected chi connectivity index (χ0v) is 14.0. The summed E-state index contributed by atoms with van der Waals surface area (Å²) < 4.78 is 26.7. The first-order valence-electron chi connectivity index (χ1n) is 6.39. The molecule has 1 aromatic rings. The van der Waals surface area contributed by atoms with Gasteiger partial charge in [0.25, 0.3) is 0 Å². The summed E-state index contributed by atoms with van der Waals surface area (Å²) >= 11 is 0. The van der Waals surface area contributed by atoms with Crippen molar-refractivity contribution in [2.24, 2.45) is 0 Å². The number of rotatable bonds is 7. The van der Waals surface area contributed by atoms with Gasteiger partial charge in [-0.25, -0.2) is 13.1 Å². The predicted molar refractivity (Wildman–Crippen MR) is 86.5 cm³/mol. The number of aryl methyl sites for hydroxylation is 1. The minimum Gasteiger partial charge on any atom is -0.326 e. The first kappa shape index (κ1) is 19.9. The van der Waals surface area contributed by atoms with E-state index in [1.54, 1.807) is 6.07 Å². The molecular weight excluding hydrogens is 314 g/mol. The van der Waals surface area contributed by atoms with Crippen molar-refractivity contribution in [3.05, 3.63) is 23.8 Å². The molecular formula is C13H22ClN3O3S. The smallest absolute Gasteiger partial charge is 0.240 e. The topological polar surface area (TPSA) is 87.3 Å². The Hall–Kier alpha value is -1.15. The number of benzene rings is 1. The molecule has 120 valence electrons. The average Bonchev–Trinajstić information content (AvgIpc) is 2.36. The van der Waals surface area contributed by atoms with Gasteiger partial charge in [0.15, 0.2) is 0 Å². The summed E-state index contributed by atoms with van der Waals surface area (Å²) in [7, 11) is -1.73. The summed E-state index contributed by atoms with van der Waals surface area (Å²) in [6.45, 7) is 4.30. The van der Waals surface area contributed by atoms with Gasteiger partial charge in [-0.15, -0.1) is 12.4 Å². The van der Waals surface area contributed by atoms with E-state index in [1.807, 2.05) is 14.0 Å². The highest BCUT2D eigenvalue weighted by atomic mass is 35.5. The second-order valence-corrected chi connectivity index (χ2v) is 6.28. The fraction of sp³-hybridized carbons (Fsp3) is 0.462. The van der Waals surface area contributed by atoms with Crippen LogP contribution in [0.4, 0.5) is 5.69 Å². The first-order valence-corrected chi connectivity index (χ1v) is 7.87. The Kier molecular flexibility index (Phi) is 8.50. The molecule has 0 saturated carbocycles. The summed E-state index contributed by atoms with van der Waals surface area (Å²) in [5, 5.41) is 5.57. The number of amides is 1. The minimum atomic E-state index is -3.54. The van der Waals surface area contributed by atoms with E-state index in [9.17, 15) is 13.2 Å². The lowest BCUT2D eigenvalue weighted by molar-refractivity contribution is -0.114. The van der Waals surface area contributed by atoms with Crippen LogP contribution in [0.25, 0.3) is 0 Å². The zero-order chi connectivity index (χ0) is 15.2. The van der Waals surface area contributed by atoms with Crippen LogP contribution < -0.4 is 15.4 Å². The quantitative estimate of drug-likeness (QED) is 0.655. The normalized spacial score (nSPS) is 10.8. The van der Waals surface area contributed by atoms with Gasteiger partial charge in [-0.05, 0) is 44.6 Å². The van der Waals surface area contributed by atoms with E-state index in [0.29, 0.717) is 18.7 Å². The zero-order valence-electron chi connectivity index (χ0n) is 12.4. The second kappa shape index (κ2) is 8.99. The van der Waals surface area contributed by atoms with Gasteiger partial charge in [-0.2, -0.15) is 0 Å². The van der Waals surface area contributed by atoms with Crippen molar-refractivity contribution in [2.45, 2.75) is 25.2 Å². The molecule has 0 heterocycles. The van der Waals surface area contributed by atoms with Gasteiger partial charge in [0.05, 0.1) is 4.90 Å². The summed E-state index contributed by atoms with van der Waals surface area (Å²) in [6, 6.07) is 4.67. The Balaban J connectivity index is 0.00000400. The van der Waals surface area contributed by atoms with Gasteiger partial charge < -0.3 is 10.6 Å². The average molecular weight is 336 g/mol. The van der Waals surface area contributed by atoms with Crippen molar-refractivity contribution in [2.75, 3.05) is 25.5 Å². The first-order chi connectivity index (χ1) is 9.36. The lowest BCUT2D eigenvalue weighted by Crippen LogP contribution is -2.27. The largest absolute Gasteiger partial charge is 0.326 e. The van der Waals surface area contributed by atoms with Crippen LogP contribution in [0.1, 0.15) is 18.9 Å². The van der Waals surface area contributed by atoms with Crippen molar-refractivity contribution < 1.29 is 13.2 Å². The molecule has 1 aromatic carbocycles. The van der Waals surface area contributed by atoms with Crippen LogP contribution in [0.3, 0.4) is 0 Å². The number of sulfonamides is 1. The van der Waals surface area contributed by atoms with Crippen molar-refractivity contribution in [1.29, 1.82) is 0 Å². The lowest BCUT2D eigenvalue weighted by Gasteiger charge is -2.11. The van der Waals surface area contributed by atoms with Crippen LogP contribution in [0.2, 0.25) is 0 Å². The van der Waals surface area contributed by atoms with Crippen molar-refractivity contribution >= 4 is 34.0 Å². The third-order valence-electron chi connectivity index (χ3n) is 2.73. The fourth-order valence-corrected chi connectivity index (χ4v) is 2.75. The van der Waals surface area contributed by atoms with Gasteiger partial charge >= 0.3 is 0 Å². The molecule has 0 aromatic heterocycles. The van der Waals surface area contributed by atoms with Crippen molar-refractivity contribution in [3.63, 3.8) is 0 Å². The maximum atomic E-state index is 12.1. The van der Waals surface area contributed by atoms with Crippen LogP contribution in [0.5, 0.6) is 0 Å². The minimum absolute atomic E-state index is 0. The molecule has 0 atom stereocenters. The highest BCUT2D eigenvalue weighted by Crippen LogP contribution is 2.20. The molecule has 8 heteroatoms. The third-order valence-corrected chi connectivity index (χ3v) is 4.18. The van der Waals surface area contributed by atoms with E-state index in [-0.39, 0.29) is 23.2 Å². The fourth-order valence-electron chi connectivity index (χ4n) is 1.65. The number of nitrogens with one attached hydrogen (secondary N) is 3. The number of carbonyl (C=O) groups is 1. The number of anilines is 1. The molecule has 0 aliphatic heterocycles. The standard InChI is InChI=1S/C13H21N3O3S.ClH/c1-10-5-6-12(9-13(10)16-11(2)17)20(18,19)15-8-4-7-14-3;/h5-6,9,14-15H,4,7-8H2,1-3H3,(H,16,17);1H. The van der Waals surface area contributed by atoms with E-state index in [4.69, 9.17) is 0 Å². The molecule has 0 saturated heterocycles. The molecule has 0 radical (unpaired) electrons. The molecule has 0 unspecified atom stereocenters. The molecule has 3 N–H and O–H groups in total. The van der Waals surface area contributed by atoms with E-state index in [1.165, 1.54) is 19.1 Å². The van der Waals surface area contributed by atoms with Crippen LogP contribution in [-0.2, 0) is 14.8 Å². The van der Waals surface area contributed by atoms with E-state index in [0.717, 1.165) is 12.1 Å². The molecule has 0 bridgehead atoms. The molecule has 21 heavy (non-hydrogen) atoms. The molecule has 0 spiro atoms.